The van der Waals surface area contributed by atoms with E-state index in [4.69, 9.17) is 0 Å². The predicted molar refractivity (Wildman–Crippen MR) is 101 cm³/mol. The standard InChI is InChI=1S/C20H15N3O2S/c1-13(24)15-8-5-9-23(10-15)11-17-21-19(25)18-16(12-26-20(18)22-17)14-6-3-2-4-7-14/h2-10,12H,11H2,1H3/p+1. The topological polar surface area (TPSA) is 66.7 Å². The van der Waals surface area contributed by atoms with E-state index in [0.717, 1.165) is 11.1 Å². The molecule has 0 aliphatic heterocycles. The van der Waals surface area contributed by atoms with Gasteiger partial charge in [-0.25, -0.2) is 4.98 Å². The molecule has 0 saturated heterocycles. The number of nitrogens with zero attached hydrogens (tertiary/aromatic N) is 2. The van der Waals surface area contributed by atoms with Crippen molar-refractivity contribution in [2.75, 3.05) is 0 Å². The first-order valence-corrected chi connectivity index (χ1v) is 9.05. The van der Waals surface area contributed by atoms with Crippen LogP contribution < -0.4 is 10.1 Å². The van der Waals surface area contributed by atoms with Crippen LogP contribution in [0.25, 0.3) is 21.3 Å². The number of fused-ring (bicyclic) bond motifs is 1. The Balaban J connectivity index is 1.74. The minimum atomic E-state index is -0.145. The van der Waals surface area contributed by atoms with E-state index in [1.165, 1.54) is 18.3 Å². The molecule has 0 radical (unpaired) electrons. The van der Waals surface area contributed by atoms with Gasteiger partial charge in [-0.3, -0.25) is 9.59 Å². The van der Waals surface area contributed by atoms with Gasteiger partial charge in [-0.1, -0.05) is 30.3 Å². The number of carbonyl (C=O) groups excluding carboxylic acids is 1. The van der Waals surface area contributed by atoms with Crippen molar-refractivity contribution in [2.45, 2.75) is 13.5 Å². The molecule has 6 heteroatoms. The molecule has 0 atom stereocenters. The molecule has 0 aliphatic rings. The highest BCUT2D eigenvalue weighted by molar-refractivity contribution is 7.17. The zero-order valence-electron chi connectivity index (χ0n) is 14.1. The number of hydrogen-bond donors (Lipinski definition) is 1. The molecule has 0 unspecified atom stereocenters. The van der Waals surface area contributed by atoms with Gasteiger partial charge < -0.3 is 4.98 Å². The predicted octanol–water partition coefficient (Wildman–Crippen LogP) is 3.19. The second kappa shape index (κ2) is 6.65. The van der Waals surface area contributed by atoms with Crippen molar-refractivity contribution >= 4 is 27.3 Å². The minimum Gasteiger partial charge on any atom is -0.305 e. The van der Waals surface area contributed by atoms with Crippen LogP contribution in [0.5, 0.6) is 0 Å². The van der Waals surface area contributed by atoms with Crippen molar-refractivity contribution in [1.29, 1.82) is 0 Å². The molecule has 0 amide bonds. The molecule has 26 heavy (non-hydrogen) atoms. The molecule has 0 fully saturated rings. The number of aromatic nitrogens is 3. The van der Waals surface area contributed by atoms with Crippen LogP contribution >= 0.6 is 11.3 Å². The Morgan fingerprint density at radius 2 is 2.00 bits per heavy atom. The van der Waals surface area contributed by atoms with E-state index in [0.29, 0.717) is 28.1 Å². The number of thiophene rings is 1. The van der Waals surface area contributed by atoms with Crippen molar-refractivity contribution in [3.63, 3.8) is 0 Å². The maximum absolute atomic E-state index is 12.7. The number of H-pyrrole nitrogens is 1. The Hall–Kier alpha value is -3.12. The summed E-state index contributed by atoms with van der Waals surface area (Å²) in [5.74, 6) is 0.566. The van der Waals surface area contributed by atoms with E-state index in [-0.39, 0.29) is 11.3 Å². The number of aromatic amines is 1. The molecule has 0 aliphatic carbocycles. The summed E-state index contributed by atoms with van der Waals surface area (Å²) < 4.78 is 1.84. The van der Waals surface area contributed by atoms with E-state index in [2.05, 4.69) is 9.97 Å². The van der Waals surface area contributed by atoms with E-state index >= 15 is 0 Å². The lowest BCUT2D eigenvalue weighted by molar-refractivity contribution is -0.689. The molecule has 0 spiro atoms. The summed E-state index contributed by atoms with van der Waals surface area (Å²) in [4.78, 5) is 32.4. The van der Waals surface area contributed by atoms with Gasteiger partial charge in [-0.05, 0) is 18.6 Å². The first-order chi connectivity index (χ1) is 12.6. The number of carbonyl (C=O) groups is 1. The van der Waals surface area contributed by atoms with Crippen molar-refractivity contribution in [2.24, 2.45) is 0 Å². The fraction of sp³-hybridized carbons (Fsp3) is 0.100. The average molecular weight is 362 g/mol. The van der Waals surface area contributed by atoms with Gasteiger partial charge in [0.05, 0.1) is 10.9 Å². The summed E-state index contributed by atoms with van der Waals surface area (Å²) >= 11 is 1.46. The highest BCUT2D eigenvalue weighted by atomic mass is 32.1. The molecule has 0 bridgehead atoms. The monoisotopic (exact) mass is 362 g/mol. The molecule has 3 aromatic heterocycles. The molecular weight excluding hydrogens is 346 g/mol. The summed E-state index contributed by atoms with van der Waals surface area (Å²) in [7, 11) is 0. The Labute approximate surface area is 153 Å². The highest BCUT2D eigenvalue weighted by Crippen LogP contribution is 2.30. The van der Waals surface area contributed by atoms with Gasteiger partial charge in [0, 0.05) is 17.0 Å². The number of pyridine rings is 1. The summed E-state index contributed by atoms with van der Waals surface area (Å²) in [6, 6.07) is 13.4. The summed E-state index contributed by atoms with van der Waals surface area (Å²) in [6.45, 7) is 1.92. The van der Waals surface area contributed by atoms with Crippen molar-refractivity contribution in [3.8, 4) is 11.1 Å². The smallest absolute Gasteiger partial charge is 0.260 e. The Bertz CT molecular complexity index is 1160. The molecule has 128 valence electrons. The van der Waals surface area contributed by atoms with E-state index in [9.17, 15) is 9.59 Å². The third kappa shape index (κ3) is 3.07. The van der Waals surface area contributed by atoms with Crippen LogP contribution in [0.15, 0.2) is 65.0 Å². The van der Waals surface area contributed by atoms with Crippen LogP contribution in [-0.2, 0) is 6.54 Å². The third-order valence-electron chi connectivity index (χ3n) is 4.17. The Kier molecular flexibility index (Phi) is 4.18. The van der Waals surface area contributed by atoms with Crippen LogP contribution in [0, 0.1) is 0 Å². The van der Waals surface area contributed by atoms with Crippen molar-refractivity contribution in [3.05, 3.63) is 82.0 Å². The van der Waals surface area contributed by atoms with Gasteiger partial charge in [-0.2, -0.15) is 4.57 Å². The van der Waals surface area contributed by atoms with Gasteiger partial charge in [0.25, 0.3) is 5.56 Å². The highest BCUT2D eigenvalue weighted by Gasteiger charge is 2.15. The number of hydrogen-bond acceptors (Lipinski definition) is 4. The Morgan fingerprint density at radius 1 is 1.19 bits per heavy atom. The lowest BCUT2D eigenvalue weighted by Crippen LogP contribution is -2.36. The zero-order chi connectivity index (χ0) is 18.1. The fourth-order valence-electron chi connectivity index (χ4n) is 2.90. The summed E-state index contributed by atoms with van der Waals surface area (Å²) in [5, 5.41) is 2.59. The third-order valence-corrected chi connectivity index (χ3v) is 5.05. The second-order valence-corrected chi connectivity index (χ2v) is 6.89. The largest absolute Gasteiger partial charge is 0.305 e. The number of nitrogens with one attached hydrogen (secondary N) is 1. The normalized spacial score (nSPS) is 11.0. The van der Waals surface area contributed by atoms with Crippen LogP contribution in [0.1, 0.15) is 23.1 Å². The second-order valence-electron chi connectivity index (χ2n) is 6.03. The quantitative estimate of drug-likeness (QED) is 0.448. The average Bonchev–Trinajstić information content (AvgIpc) is 3.07. The van der Waals surface area contributed by atoms with E-state index < -0.39 is 0 Å². The number of benzene rings is 1. The van der Waals surface area contributed by atoms with Crippen LogP contribution in [0.3, 0.4) is 0 Å². The number of rotatable bonds is 4. The van der Waals surface area contributed by atoms with Gasteiger partial charge in [0.15, 0.2) is 24.0 Å². The summed E-state index contributed by atoms with van der Waals surface area (Å²) in [6.07, 6.45) is 3.61. The van der Waals surface area contributed by atoms with E-state index in [1.54, 1.807) is 12.3 Å². The fourth-order valence-corrected chi connectivity index (χ4v) is 3.87. The first-order valence-electron chi connectivity index (χ1n) is 8.17. The van der Waals surface area contributed by atoms with Gasteiger partial charge in [0.2, 0.25) is 6.54 Å². The molecular formula is C20H16N3O2S+. The van der Waals surface area contributed by atoms with Gasteiger partial charge >= 0.3 is 0 Å². The lowest BCUT2D eigenvalue weighted by Gasteiger charge is -2.01. The van der Waals surface area contributed by atoms with Crippen LogP contribution in [0.2, 0.25) is 0 Å². The molecule has 4 rings (SSSR count). The van der Waals surface area contributed by atoms with Crippen LogP contribution in [0.4, 0.5) is 0 Å². The molecule has 1 aromatic carbocycles. The van der Waals surface area contributed by atoms with Gasteiger partial charge in [-0.15, -0.1) is 11.3 Å². The first kappa shape index (κ1) is 16.4. The van der Waals surface area contributed by atoms with E-state index in [1.807, 2.05) is 52.5 Å². The molecule has 3 heterocycles. The van der Waals surface area contributed by atoms with Crippen molar-refractivity contribution in [1.82, 2.24) is 9.97 Å². The molecule has 0 saturated carbocycles. The molecule has 4 aromatic rings. The van der Waals surface area contributed by atoms with Crippen LogP contribution in [-0.4, -0.2) is 15.8 Å². The minimum absolute atomic E-state index is 0.00187. The van der Waals surface area contributed by atoms with Gasteiger partial charge in [0.1, 0.15) is 4.83 Å². The SMILES string of the molecule is CC(=O)c1ccc[n+](Cc2nc3scc(-c4ccccc4)c3c(=O)[nH]2)c1. The lowest BCUT2D eigenvalue weighted by atomic mass is 10.1. The zero-order valence-corrected chi connectivity index (χ0v) is 14.9. The molecule has 5 nitrogen and oxygen atoms in total. The maximum Gasteiger partial charge on any atom is 0.260 e. The number of Topliss-reactive ketones (excluding diaryl/α,β-unsaturated/α-hetero) is 1. The Morgan fingerprint density at radius 3 is 2.77 bits per heavy atom. The van der Waals surface area contributed by atoms with Crippen molar-refractivity contribution < 1.29 is 9.36 Å². The summed E-state index contributed by atoms with van der Waals surface area (Å²) in [5.41, 5.74) is 2.38. The maximum atomic E-state index is 12.7. The number of ketones is 1. The molecule has 1 N–H and O–H groups in total.